The lowest BCUT2D eigenvalue weighted by Crippen LogP contribution is -2.46. The van der Waals surface area contributed by atoms with Crippen molar-refractivity contribution in [2.24, 2.45) is 10.7 Å². The highest BCUT2D eigenvalue weighted by atomic mass is 16.3. The van der Waals surface area contributed by atoms with Crippen LogP contribution in [-0.2, 0) is 0 Å². The van der Waals surface area contributed by atoms with Gasteiger partial charge in [-0.1, -0.05) is 0 Å². The van der Waals surface area contributed by atoms with Crippen LogP contribution >= 0.6 is 0 Å². The second-order valence-corrected chi connectivity index (χ2v) is 4.73. The molecule has 5 heteroatoms. The largest absolute Gasteiger partial charge is 0.393 e. The van der Waals surface area contributed by atoms with Crippen molar-refractivity contribution in [1.29, 1.82) is 0 Å². The first-order valence-corrected chi connectivity index (χ1v) is 4.58. The standard InChI is InChI=1S/C9H21N3O2/c1-8(2,3)12-7(10)11-5-9(4,14)6-13/h13-14H,5-6H2,1-4H3,(H3,10,11,12). The Balaban J connectivity index is 4.14. The van der Waals surface area contributed by atoms with Gasteiger partial charge in [-0.25, -0.2) is 0 Å². The molecule has 84 valence electrons. The van der Waals surface area contributed by atoms with Gasteiger partial charge in [-0.15, -0.1) is 0 Å². The minimum absolute atomic E-state index is 0.0818. The maximum atomic E-state index is 9.43. The summed E-state index contributed by atoms with van der Waals surface area (Å²) < 4.78 is 0. The van der Waals surface area contributed by atoms with Gasteiger partial charge in [-0.2, -0.15) is 0 Å². The molecule has 0 aliphatic heterocycles. The smallest absolute Gasteiger partial charge is 0.189 e. The molecule has 0 amide bonds. The van der Waals surface area contributed by atoms with Crippen LogP contribution in [0.25, 0.3) is 0 Å². The summed E-state index contributed by atoms with van der Waals surface area (Å²) >= 11 is 0. The molecule has 1 unspecified atom stereocenters. The molecule has 0 radical (unpaired) electrons. The highest BCUT2D eigenvalue weighted by Crippen LogP contribution is 2.02. The average molecular weight is 203 g/mol. The Bertz CT molecular complexity index is 207. The predicted molar refractivity (Wildman–Crippen MR) is 57.1 cm³/mol. The van der Waals surface area contributed by atoms with E-state index in [2.05, 4.69) is 10.3 Å². The number of aliphatic hydroxyl groups excluding tert-OH is 1. The van der Waals surface area contributed by atoms with Crippen molar-refractivity contribution < 1.29 is 10.2 Å². The number of aliphatic hydroxyl groups is 2. The summed E-state index contributed by atoms with van der Waals surface area (Å²) in [5, 5.41) is 21.1. The predicted octanol–water partition coefficient (Wildman–Crippen LogP) is -0.568. The van der Waals surface area contributed by atoms with E-state index in [0.717, 1.165) is 0 Å². The third-order valence-corrected chi connectivity index (χ3v) is 1.43. The van der Waals surface area contributed by atoms with Gasteiger partial charge < -0.3 is 21.3 Å². The molecule has 0 saturated carbocycles. The zero-order chi connectivity index (χ0) is 11.4. The van der Waals surface area contributed by atoms with Crippen molar-refractivity contribution in [1.82, 2.24) is 5.32 Å². The van der Waals surface area contributed by atoms with E-state index in [1.165, 1.54) is 6.92 Å². The molecule has 0 rings (SSSR count). The van der Waals surface area contributed by atoms with Crippen molar-refractivity contribution in [3.8, 4) is 0 Å². The van der Waals surface area contributed by atoms with Gasteiger partial charge in [-0.05, 0) is 27.7 Å². The van der Waals surface area contributed by atoms with Gasteiger partial charge in [0.1, 0.15) is 5.60 Å². The quantitative estimate of drug-likeness (QED) is 0.365. The van der Waals surface area contributed by atoms with Crippen LogP contribution in [-0.4, -0.2) is 40.5 Å². The van der Waals surface area contributed by atoms with Gasteiger partial charge in [-0.3, -0.25) is 4.99 Å². The number of rotatable bonds is 3. The molecule has 14 heavy (non-hydrogen) atoms. The zero-order valence-electron chi connectivity index (χ0n) is 9.33. The topological polar surface area (TPSA) is 90.9 Å². The molecule has 0 heterocycles. The van der Waals surface area contributed by atoms with Gasteiger partial charge in [0.05, 0.1) is 13.2 Å². The van der Waals surface area contributed by atoms with Gasteiger partial charge in [0, 0.05) is 5.54 Å². The van der Waals surface area contributed by atoms with Crippen molar-refractivity contribution in [3.05, 3.63) is 0 Å². The van der Waals surface area contributed by atoms with Crippen LogP contribution in [0.4, 0.5) is 0 Å². The lowest BCUT2D eigenvalue weighted by Gasteiger charge is -2.22. The zero-order valence-corrected chi connectivity index (χ0v) is 9.33. The Morgan fingerprint density at radius 2 is 1.86 bits per heavy atom. The van der Waals surface area contributed by atoms with Crippen molar-refractivity contribution >= 4 is 5.96 Å². The van der Waals surface area contributed by atoms with Crippen molar-refractivity contribution in [3.63, 3.8) is 0 Å². The molecule has 5 nitrogen and oxygen atoms in total. The molecule has 5 N–H and O–H groups in total. The Kier molecular flexibility index (Phi) is 4.35. The van der Waals surface area contributed by atoms with E-state index < -0.39 is 5.60 Å². The van der Waals surface area contributed by atoms with Crippen LogP contribution < -0.4 is 11.1 Å². The molecular formula is C9H21N3O2. The fourth-order valence-electron chi connectivity index (χ4n) is 0.729. The lowest BCUT2D eigenvalue weighted by atomic mass is 10.1. The summed E-state index contributed by atoms with van der Waals surface area (Å²) in [4.78, 5) is 3.93. The van der Waals surface area contributed by atoms with E-state index in [1.54, 1.807) is 0 Å². The summed E-state index contributed by atoms with van der Waals surface area (Å²) in [7, 11) is 0. The average Bonchev–Trinajstić information content (AvgIpc) is 1.98. The Morgan fingerprint density at radius 1 is 1.36 bits per heavy atom. The lowest BCUT2D eigenvalue weighted by molar-refractivity contribution is 0.0101. The molecule has 0 aromatic rings. The maximum absolute atomic E-state index is 9.43. The highest BCUT2D eigenvalue weighted by molar-refractivity contribution is 5.78. The summed E-state index contributed by atoms with van der Waals surface area (Å²) in [5.74, 6) is 0.270. The first-order chi connectivity index (χ1) is 6.16. The van der Waals surface area contributed by atoms with E-state index in [0.29, 0.717) is 0 Å². The van der Waals surface area contributed by atoms with Crippen molar-refractivity contribution in [2.45, 2.75) is 38.8 Å². The van der Waals surface area contributed by atoms with Crippen LogP contribution in [0.15, 0.2) is 4.99 Å². The van der Waals surface area contributed by atoms with Gasteiger partial charge in [0.25, 0.3) is 0 Å². The minimum atomic E-state index is -1.20. The first-order valence-electron chi connectivity index (χ1n) is 4.58. The van der Waals surface area contributed by atoms with E-state index >= 15 is 0 Å². The van der Waals surface area contributed by atoms with Gasteiger partial charge in [0.15, 0.2) is 5.96 Å². The minimum Gasteiger partial charge on any atom is -0.393 e. The van der Waals surface area contributed by atoms with E-state index in [-0.39, 0.29) is 24.7 Å². The van der Waals surface area contributed by atoms with E-state index in [9.17, 15) is 5.11 Å². The van der Waals surface area contributed by atoms with Crippen LogP contribution in [0.2, 0.25) is 0 Å². The number of hydrogen-bond acceptors (Lipinski definition) is 3. The number of aliphatic imine (C=N–C) groups is 1. The number of hydrogen-bond donors (Lipinski definition) is 4. The number of nitrogens with two attached hydrogens (primary N) is 1. The van der Waals surface area contributed by atoms with E-state index in [4.69, 9.17) is 10.8 Å². The Labute approximate surface area is 85.0 Å². The first kappa shape index (κ1) is 13.2. The normalized spacial score (nSPS) is 17.7. The monoisotopic (exact) mass is 203 g/mol. The molecule has 0 saturated heterocycles. The number of nitrogens with zero attached hydrogens (tertiary/aromatic N) is 1. The summed E-state index contributed by atoms with van der Waals surface area (Å²) in [5.41, 5.74) is 4.21. The number of nitrogens with one attached hydrogen (secondary N) is 1. The van der Waals surface area contributed by atoms with Crippen molar-refractivity contribution in [2.75, 3.05) is 13.2 Å². The SMILES string of the molecule is CC(O)(CO)CN=C(N)NC(C)(C)C. The van der Waals surface area contributed by atoms with Crippen LogP contribution in [0.1, 0.15) is 27.7 Å². The third-order valence-electron chi connectivity index (χ3n) is 1.43. The molecular weight excluding hydrogens is 182 g/mol. The van der Waals surface area contributed by atoms with Crippen LogP contribution in [0.3, 0.4) is 0 Å². The summed E-state index contributed by atoms with van der Waals surface area (Å²) in [6, 6.07) is 0. The second-order valence-electron chi connectivity index (χ2n) is 4.73. The molecule has 1 atom stereocenters. The number of guanidine groups is 1. The molecule has 0 spiro atoms. The maximum Gasteiger partial charge on any atom is 0.189 e. The van der Waals surface area contributed by atoms with Crippen LogP contribution in [0.5, 0.6) is 0 Å². The molecule has 0 bridgehead atoms. The fourth-order valence-corrected chi connectivity index (χ4v) is 0.729. The summed E-state index contributed by atoms with van der Waals surface area (Å²) in [6.45, 7) is 7.12. The third kappa shape index (κ3) is 6.68. The Hall–Kier alpha value is -0.810. The second kappa shape index (κ2) is 4.61. The molecule has 0 aliphatic rings. The summed E-state index contributed by atoms with van der Waals surface area (Å²) in [6.07, 6.45) is 0. The molecule has 0 aromatic carbocycles. The van der Waals surface area contributed by atoms with Gasteiger partial charge in [0.2, 0.25) is 0 Å². The molecule has 0 fully saturated rings. The molecule has 0 aliphatic carbocycles. The van der Waals surface area contributed by atoms with E-state index in [1.807, 2.05) is 20.8 Å². The Morgan fingerprint density at radius 3 is 2.21 bits per heavy atom. The molecule has 0 aromatic heterocycles. The van der Waals surface area contributed by atoms with Gasteiger partial charge >= 0.3 is 0 Å². The highest BCUT2D eigenvalue weighted by Gasteiger charge is 2.18. The fraction of sp³-hybridized carbons (Fsp3) is 0.889. The van der Waals surface area contributed by atoms with Crippen LogP contribution in [0, 0.1) is 0 Å².